The molecular weight excluding hydrogens is 250 g/mol. The zero-order chi connectivity index (χ0) is 12.9. The molecular formula is C10H4F2N2O4. The van der Waals surface area contributed by atoms with E-state index in [9.17, 15) is 18.4 Å². The Morgan fingerprint density at radius 3 is 2.56 bits per heavy atom. The first-order valence-electron chi connectivity index (χ1n) is 4.79. The summed E-state index contributed by atoms with van der Waals surface area (Å²) in [5.74, 6) is -1.05. The predicted octanol–water partition coefficient (Wildman–Crippen LogP) is 1.05. The highest BCUT2D eigenvalue weighted by atomic mass is 19.3. The first kappa shape index (κ1) is 10.6. The number of hydrogen-bond donors (Lipinski definition) is 1. The van der Waals surface area contributed by atoms with Gasteiger partial charge in [-0.25, -0.2) is 4.79 Å². The van der Waals surface area contributed by atoms with Crippen LogP contribution in [0.15, 0.2) is 23.2 Å². The van der Waals surface area contributed by atoms with Crippen LogP contribution >= 0.6 is 0 Å². The zero-order valence-corrected chi connectivity index (χ0v) is 8.57. The number of halogens is 2. The third kappa shape index (κ3) is 1.58. The number of aliphatic imine (C=N–C) groups is 1. The Labute approximate surface area is 98.2 Å². The maximum atomic E-state index is 12.8. The predicted molar refractivity (Wildman–Crippen MR) is 52.7 cm³/mol. The number of benzene rings is 1. The number of nitrogens with one attached hydrogen (secondary N) is 1. The summed E-state index contributed by atoms with van der Waals surface area (Å²) >= 11 is 0. The van der Waals surface area contributed by atoms with E-state index in [4.69, 9.17) is 0 Å². The minimum absolute atomic E-state index is 0.144. The van der Waals surface area contributed by atoms with Crippen LogP contribution in [0, 0.1) is 0 Å². The molecule has 2 heterocycles. The van der Waals surface area contributed by atoms with Gasteiger partial charge in [0.05, 0.1) is 0 Å². The van der Waals surface area contributed by atoms with Crippen molar-refractivity contribution in [2.24, 2.45) is 4.99 Å². The standard InChI is InChI=1S/C10H4F2N2O4/c11-10(12)17-5-2-1-4(3-6(5)18-10)7-8(15)14-9(16)13-7/h1-3H,(H,14,15,16). The Bertz CT molecular complexity index is 612. The molecule has 2 aliphatic heterocycles. The molecule has 0 spiro atoms. The molecule has 18 heavy (non-hydrogen) atoms. The second-order valence-corrected chi connectivity index (χ2v) is 3.55. The van der Waals surface area contributed by atoms with Crippen molar-refractivity contribution in [3.63, 3.8) is 0 Å². The van der Waals surface area contributed by atoms with E-state index in [-0.39, 0.29) is 22.8 Å². The van der Waals surface area contributed by atoms with Gasteiger partial charge in [0.1, 0.15) is 5.71 Å². The molecule has 3 amide bonds. The molecule has 0 saturated heterocycles. The van der Waals surface area contributed by atoms with Crippen LogP contribution in [0.4, 0.5) is 13.6 Å². The van der Waals surface area contributed by atoms with Gasteiger partial charge in [0.2, 0.25) is 0 Å². The summed E-state index contributed by atoms with van der Waals surface area (Å²) in [5, 5.41) is 1.95. The van der Waals surface area contributed by atoms with Crippen molar-refractivity contribution in [3.05, 3.63) is 23.8 Å². The molecule has 0 radical (unpaired) electrons. The monoisotopic (exact) mass is 254 g/mol. The van der Waals surface area contributed by atoms with Crippen molar-refractivity contribution in [3.8, 4) is 11.5 Å². The molecule has 0 aliphatic carbocycles. The number of nitrogens with zero attached hydrogens (tertiary/aromatic N) is 1. The summed E-state index contributed by atoms with van der Waals surface area (Å²) in [6.45, 7) is 0. The fraction of sp³-hybridized carbons (Fsp3) is 0.100. The molecule has 2 aliphatic rings. The topological polar surface area (TPSA) is 77.0 Å². The Hall–Kier alpha value is -2.51. The van der Waals surface area contributed by atoms with Crippen molar-refractivity contribution in [2.45, 2.75) is 6.29 Å². The second kappa shape index (κ2) is 3.25. The lowest BCUT2D eigenvalue weighted by Crippen LogP contribution is -2.26. The normalized spacial score (nSPS) is 19.8. The number of ether oxygens (including phenoxy) is 2. The van der Waals surface area contributed by atoms with Gasteiger partial charge in [-0.05, 0) is 18.2 Å². The summed E-state index contributed by atoms with van der Waals surface area (Å²) < 4.78 is 34.0. The number of carbonyl (C=O) groups excluding carboxylic acids is 2. The summed E-state index contributed by atoms with van der Waals surface area (Å²) in [6, 6.07) is 2.91. The van der Waals surface area contributed by atoms with Crippen molar-refractivity contribution < 1.29 is 27.8 Å². The molecule has 0 unspecified atom stereocenters. The van der Waals surface area contributed by atoms with Crippen molar-refractivity contribution in [1.29, 1.82) is 0 Å². The largest absolute Gasteiger partial charge is 0.586 e. The van der Waals surface area contributed by atoms with Crippen LogP contribution in [0.3, 0.4) is 0 Å². The van der Waals surface area contributed by atoms with Crippen LogP contribution in [0.5, 0.6) is 11.5 Å². The Kier molecular flexibility index (Phi) is 1.92. The maximum absolute atomic E-state index is 12.8. The lowest BCUT2D eigenvalue weighted by Gasteiger charge is -2.04. The van der Waals surface area contributed by atoms with E-state index in [1.165, 1.54) is 12.1 Å². The summed E-state index contributed by atoms with van der Waals surface area (Å²) in [6.07, 6.45) is -3.73. The van der Waals surface area contributed by atoms with Gasteiger partial charge >= 0.3 is 12.3 Å². The fourth-order valence-electron chi connectivity index (χ4n) is 1.63. The average molecular weight is 254 g/mol. The van der Waals surface area contributed by atoms with E-state index in [1.807, 2.05) is 5.32 Å². The number of fused-ring (bicyclic) bond motifs is 1. The molecule has 0 saturated carbocycles. The average Bonchev–Trinajstić information content (AvgIpc) is 2.74. The van der Waals surface area contributed by atoms with Crippen LogP contribution in [-0.4, -0.2) is 23.9 Å². The highest BCUT2D eigenvalue weighted by Gasteiger charge is 2.43. The molecule has 1 aromatic rings. The molecule has 0 bridgehead atoms. The first-order chi connectivity index (χ1) is 8.44. The smallest absolute Gasteiger partial charge is 0.395 e. The quantitative estimate of drug-likeness (QED) is 0.812. The number of urea groups is 1. The van der Waals surface area contributed by atoms with Crippen LogP contribution in [-0.2, 0) is 4.79 Å². The van der Waals surface area contributed by atoms with E-state index in [1.54, 1.807) is 0 Å². The molecule has 3 rings (SSSR count). The molecule has 92 valence electrons. The zero-order valence-electron chi connectivity index (χ0n) is 8.57. The van der Waals surface area contributed by atoms with Gasteiger partial charge in [0.25, 0.3) is 5.91 Å². The number of carbonyl (C=O) groups is 2. The highest BCUT2D eigenvalue weighted by molar-refractivity contribution is 6.51. The molecule has 0 atom stereocenters. The maximum Gasteiger partial charge on any atom is 0.586 e. The van der Waals surface area contributed by atoms with Crippen LogP contribution < -0.4 is 14.8 Å². The third-order valence-electron chi connectivity index (χ3n) is 2.32. The summed E-state index contributed by atoms with van der Waals surface area (Å²) in [5.41, 5.74) is 0.0417. The Morgan fingerprint density at radius 1 is 1.17 bits per heavy atom. The lowest BCUT2D eigenvalue weighted by atomic mass is 10.1. The van der Waals surface area contributed by atoms with E-state index >= 15 is 0 Å². The van der Waals surface area contributed by atoms with Gasteiger partial charge in [0, 0.05) is 5.56 Å². The SMILES string of the molecule is O=C1N=C(c2ccc3c(c2)OC(F)(F)O3)C(=O)N1. The van der Waals surface area contributed by atoms with E-state index in [0.29, 0.717) is 0 Å². The van der Waals surface area contributed by atoms with Crippen molar-refractivity contribution in [2.75, 3.05) is 0 Å². The number of rotatable bonds is 1. The van der Waals surface area contributed by atoms with Gasteiger partial charge in [-0.2, -0.15) is 4.99 Å². The van der Waals surface area contributed by atoms with E-state index in [2.05, 4.69) is 14.5 Å². The van der Waals surface area contributed by atoms with Gasteiger partial charge < -0.3 is 9.47 Å². The first-order valence-corrected chi connectivity index (χ1v) is 4.79. The van der Waals surface area contributed by atoms with Crippen LogP contribution in [0.2, 0.25) is 0 Å². The fourth-order valence-corrected chi connectivity index (χ4v) is 1.63. The molecule has 0 aromatic heterocycles. The minimum atomic E-state index is -3.73. The Morgan fingerprint density at radius 2 is 1.89 bits per heavy atom. The minimum Gasteiger partial charge on any atom is -0.395 e. The lowest BCUT2D eigenvalue weighted by molar-refractivity contribution is -0.286. The molecule has 1 N–H and O–H groups in total. The van der Waals surface area contributed by atoms with Gasteiger partial charge in [-0.15, -0.1) is 8.78 Å². The van der Waals surface area contributed by atoms with Gasteiger partial charge in [0.15, 0.2) is 11.5 Å². The number of amides is 3. The molecule has 6 nitrogen and oxygen atoms in total. The number of imide groups is 1. The highest BCUT2D eigenvalue weighted by Crippen LogP contribution is 2.41. The summed E-state index contributed by atoms with van der Waals surface area (Å²) in [7, 11) is 0. The van der Waals surface area contributed by atoms with Gasteiger partial charge in [-0.3, -0.25) is 10.1 Å². The second-order valence-electron chi connectivity index (χ2n) is 3.55. The van der Waals surface area contributed by atoms with Gasteiger partial charge in [-0.1, -0.05) is 0 Å². The summed E-state index contributed by atoms with van der Waals surface area (Å²) in [4.78, 5) is 25.6. The number of hydrogen-bond acceptors (Lipinski definition) is 4. The van der Waals surface area contributed by atoms with E-state index in [0.717, 1.165) is 6.07 Å². The molecule has 8 heteroatoms. The third-order valence-corrected chi connectivity index (χ3v) is 2.32. The van der Waals surface area contributed by atoms with Crippen molar-refractivity contribution in [1.82, 2.24) is 5.32 Å². The molecule has 0 fully saturated rings. The molecule has 1 aromatic carbocycles. The number of alkyl halides is 2. The van der Waals surface area contributed by atoms with Crippen LogP contribution in [0.1, 0.15) is 5.56 Å². The van der Waals surface area contributed by atoms with Crippen molar-refractivity contribution >= 4 is 17.6 Å². The van der Waals surface area contributed by atoms with Crippen LogP contribution in [0.25, 0.3) is 0 Å². The van der Waals surface area contributed by atoms with E-state index < -0.39 is 18.2 Å². The Balaban J connectivity index is 2.01.